The second-order valence-corrected chi connectivity index (χ2v) is 12.4. The van der Waals surface area contributed by atoms with Crippen molar-refractivity contribution < 1.29 is 5.11 Å². The Morgan fingerprint density at radius 3 is 2.50 bits per heavy atom. The number of hydrogen-bond acceptors (Lipinski definition) is 1. The summed E-state index contributed by atoms with van der Waals surface area (Å²) in [6.45, 7) is 14.8. The molecular formula is C29H48O. The van der Waals surface area contributed by atoms with Gasteiger partial charge in [-0.15, -0.1) is 0 Å². The topological polar surface area (TPSA) is 20.2 Å². The van der Waals surface area contributed by atoms with E-state index in [2.05, 4.69) is 59.8 Å². The van der Waals surface area contributed by atoms with Crippen LogP contribution in [0.1, 0.15) is 99.3 Å². The molecule has 0 aromatic carbocycles. The largest absolute Gasteiger partial charge is 0.393 e. The molecule has 9 atom stereocenters. The number of allylic oxidation sites excluding steroid dienone is 3. The third kappa shape index (κ3) is 3.66. The van der Waals surface area contributed by atoms with Crippen LogP contribution in [0, 0.1) is 52.3 Å². The zero-order valence-electron chi connectivity index (χ0n) is 20.7. The van der Waals surface area contributed by atoms with Crippen LogP contribution < -0.4 is 0 Å². The van der Waals surface area contributed by atoms with Gasteiger partial charge in [0.05, 0.1) is 6.10 Å². The van der Waals surface area contributed by atoms with Gasteiger partial charge in [-0.3, -0.25) is 0 Å². The zero-order chi connectivity index (χ0) is 21.7. The molecule has 0 radical (unpaired) electrons. The van der Waals surface area contributed by atoms with Gasteiger partial charge in [0.25, 0.3) is 0 Å². The SMILES string of the molecule is CC[C@H](C=CC(C)C1CCC2C3CC=C4CC(O)CCC4(C)C3CCC12C)C(C)C. The van der Waals surface area contributed by atoms with E-state index in [4.69, 9.17) is 0 Å². The predicted octanol–water partition coefficient (Wildman–Crippen LogP) is 7.80. The molecule has 1 N–H and O–H groups in total. The van der Waals surface area contributed by atoms with Crippen molar-refractivity contribution in [1.82, 2.24) is 0 Å². The summed E-state index contributed by atoms with van der Waals surface area (Å²) in [5.41, 5.74) is 2.51. The van der Waals surface area contributed by atoms with Crippen LogP contribution in [-0.4, -0.2) is 11.2 Å². The number of aliphatic hydroxyl groups excluding tert-OH is 1. The summed E-state index contributed by atoms with van der Waals surface area (Å²) in [4.78, 5) is 0. The fourth-order valence-electron chi connectivity index (χ4n) is 8.83. The maximum atomic E-state index is 10.2. The first-order valence-corrected chi connectivity index (χ1v) is 13.3. The Balaban J connectivity index is 1.52. The first-order chi connectivity index (χ1) is 14.2. The van der Waals surface area contributed by atoms with Crippen molar-refractivity contribution in [2.75, 3.05) is 0 Å². The number of rotatable bonds is 5. The monoisotopic (exact) mass is 412 g/mol. The average molecular weight is 413 g/mol. The van der Waals surface area contributed by atoms with Crippen molar-refractivity contribution >= 4 is 0 Å². The fourth-order valence-corrected chi connectivity index (χ4v) is 8.83. The van der Waals surface area contributed by atoms with Crippen LogP contribution in [0.25, 0.3) is 0 Å². The molecule has 0 aliphatic heterocycles. The minimum absolute atomic E-state index is 0.0870. The maximum absolute atomic E-state index is 10.2. The normalized spacial score (nSPS) is 45.6. The Morgan fingerprint density at radius 1 is 1.03 bits per heavy atom. The summed E-state index contributed by atoms with van der Waals surface area (Å²) >= 11 is 0. The molecule has 0 aromatic heterocycles. The van der Waals surface area contributed by atoms with Crippen molar-refractivity contribution in [3.05, 3.63) is 23.8 Å². The number of aliphatic hydroxyl groups is 1. The van der Waals surface area contributed by atoms with Crippen molar-refractivity contribution in [1.29, 1.82) is 0 Å². The second kappa shape index (κ2) is 8.42. The molecule has 4 aliphatic rings. The number of fused-ring (bicyclic) bond motifs is 5. The lowest BCUT2D eigenvalue weighted by molar-refractivity contribution is -0.0540. The fraction of sp³-hybridized carbons (Fsp3) is 0.862. The molecule has 170 valence electrons. The molecule has 8 unspecified atom stereocenters. The van der Waals surface area contributed by atoms with E-state index < -0.39 is 0 Å². The van der Waals surface area contributed by atoms with E-state index in [0.29, 0.717) is 16.7 Å². The van der Waals surface area contributed by atoms with Crippen LogP contribution in [-0.2, 0) is 0 Å². The smallest absolute Gasteiger partial charge is 0.0577 e. The minimum Gasteiger partial charge on any atom is -0.393 e. The van der Waals surface area contributed by atoms with Gasteiger partial charge in [0.2, 0.25) is 0 Å². The van der Waals surface area contributed by atoms with Gasteiger partial charge < -0.3 is 5.11 Å². The highest BCUT2D eigenvalue weighted by Crippen LogP contribution is 2.67. The Labute approximate surface area is 186 Å². The third-order valence-electron chi connectivity index (χ3n) is 10.8. The van der Waals surface area contributed by atoms with E-state index in [-0.39, 0.29) is 6.10 Å². The summed E-state index contributed by atoms with van der Waals surface area (Å²) < 4.78 is 0. The molecule has 0 spiro atoms. The van der Waals surface area contributed by atoms with Gasteiger partial charge in [-0.25, -0.2) is 0 Å². The zero-order valence-corrected chi connectivity index (χ0v) is 20.7. The Bertz CT molecular complexity index is 674. The molecule has 0 saturated heterocycles. The summed E-state index contributed by atoms with van der Waals surface area (Å²) in [6, 6.07) is 0. The van der Waals surface area contributed by atoms with Gasteiger partial charge in [0.15, 0.2) is 0 Å². The Morgan fingerprint density at radius 2 is 1.80 bits per heavy atom. The van der Waals surface area contributed by atoms with Crippen molar-refractivity contribution in [3.63, 3.8) is 0 Å². The summed E-state index contributed by atoms with van der Waals surface area (Å²) in [5.74, 6) is 5.70. The lowest BCUT2D eigenvalue weighted by Crippen LogP contribution is -2.50. The molecule has 1 nitrogen and oxygen atoms in total. The van der Waals surface area contributed by atoms with E-state index in [0.717, 1.165) is 48.3 Å². The van der Waals surface area contributed by atoms with Crippen LogP contribution in [0.3, 0.4) is 0 Å². The highest BCUT2D eigenvalue weighted by molar-refractivity contribution is 5.25. The maximum Gasteiger partial charge on any atom is 0.0577 e. The van der Waals surface area contributed by atoms with Crippen LogP contribution in [0.5, 0.6) is 0 Å². The molecule has 3 fully saturated rings. The summed E-state index contributed by atoms with van der Waals surface area (Å²) in [5, 5.41) is 10.2. The molecule has 4 aliphatic carbocycles. The Kier molecular flexibility index (Phi) is 6.35. The Hall–Kier alpha value is -0.560. The molecule has 0 amide bonds. The minimum atomic E-state index is -0.0870. The lowest BCUT2D eigenvalue weighted by atomic mass is 9.47. The summed E-state index contributed by atoms with van der Waals surface area (Å²) in [7, 11) is 0. The predicted molar refractivity (Wildman–Crippen MR) is 128 cm³/mol. The van der Waals surface area contributed by atoms with Crippen molar-refractivity contribution in [3.8, 4) is 0 Å². The van der Waals surface area contributed by atoms with Crippen LogP contribution in [0.15, 0.2) is 23.8 Å². The summed E-state index contributed by atoms with van der Waals surface area (Å²) in [6.07, 6.45) is 19.1. The first kappa shape index (κ1) is 22.6. The van der Waals surface area contributed by atoms with E-state index in [1.165, 1.54) is 44.9 Å². The van der Waals surface area contributed by atoms with E-state index in [1.807, 2.05) is 0 Å². The van der Waals surface area contributed by atoms with Crippen LogP contribution >= 0.6 is 0 Å². The highest BCUT2D eigenvalue weighted by Gasteiger charge is 2.58. The lowest BCUT2D eigenvalue weighted by Gasteiger charge is -2.58. The standard InChI is InChI=1S/C29H48O/c1-7-21(19(2)3)9-8-20(4)25-12-13-26-24-11-10-22-18-23(30)14-16-28(22,5)27(24)15-17-29(25,26)6/h8-10,19-21,23-27,30H,7,11-18H2,1-6H3/t20?,21-,23?,24?,25?,26?,27?,28?,29?/m1/s1. The van der Waals surface area contributed by atoms with Gasteiger partial charge in [-0.2, -0.15) is 0 Å². The first-order valence-electron chi connectivity index (χ1n) is 13.3. The van der Waals surface area contributed by atoms with Gasteiger partial charge in [0.1, 0.15) is 0 Å². The third-order valence-corrected chi connectivity index (χ3v) is 10.8. The molecule has 3 saturated carbocycles. The molecule has 0 aromatic rings. The van der Waals surface area contributed by atoms with Crippen molar-refractivity contribution in [2.24, 2.45) is 52.3 Å². The molecule has 0 heterocycles. The molecule has 30 heavy (non-hydrogen) atoms. The molecule has 1 heteroatoms. The second-order valence-electron chi connectivity index (χ2n) is 12.4. The van der Waals surface area contributed by atoms with Gasteiger partial charge >= 0.3 is 0 Å². The van der Waals surface area contributed by atoms with Crippen molar-refractivity contribution in [2.45, 2.75) is 105 Å². The van der Waals surface area contributed by atoms with Crippen LogP contribution in [0.4, 0.5) is 0 Å². The van der Waals surface area contributed by atoms with E-state index in [9.17, 15) is 5.11 Å². The van der Waals surface area contributed by atoms with Gasteiger partial charge in [-0.05, 0) is 110 Å². The highest BCUT2D eigenvalue weighted by atomic mass is 16.3. The average Bonchev–Trinajstić information content (AvgIpc) is 3.06. The van der Waals surface area contributed by atoms with E-state index in [1.54, 1.807) is 5.57 Å². The molecular weight excluding hydrogens is 364 g/mol. The van der Waals surface area contributed by atoms with E-state index >= 15 is 0 Å². The van der Waals surface area contributed by atoms with Gasteiger partial charge in [-0.1, -0.05) is 65.3 Å². The number of hydrogen-bond donors (Lipinski definition) is 1. The molecule has 4 rings (SSSR count). The van der Waals surface area contributed by atoms with Gasteiger partial charge in [0, 0.05) is 0 Å². The molecule has 0 bridgehead atoms. The quantitative estimate of drug-likeness (QED) is 0.457. The van der Waals surface area contributed by atoms with Crippen LogP contribution in [0.2, 0.25) is 0 Å².